The van der Waals surface area contributed by atoms with Crippen LogP contribution in [-0.2, 0) is 14.8 Å². The smallest absolute Gasteiger partial charge is 0.349 e. The summed E-state index contributed by atoms with van der Waals surface area (Å²) in [7, 11) is -2.79. The number of hydrogen-bond acceptors (Lipinski definition) is 6. The van der Waals surface area contributed by atoms with Crippen LogP contribution in [0.4, 0.5) is 5.69 Å². The fourth-order valence-corrected chi connectivity index (χ4v) is 4.57. The highest BCUT2D eigenvalue weighted by atomic mass is 32.2. The fraction of sp³-hybridized carbons (Fsp3) is 0.250. The summed E-state index contributed by atoms with van der Waals surface area (Å²) >= 11 is 0.984. The van der Waals surface area contributed by atoms with Crippen LogP contribution in [0, 0.1) is 0 Å². The zero-order chi connectivity index (χ0) is 18.0. The molecule has 1 aliphatic rings. The van der Waals surface area contributed by atoms with Crippen molar-refractivity contribution in [2.45, 2.75) is 23.8 Å². The Morgan fingerprint density at radius 2 is 2.00 bits per heavy atom. The molecule has 0 unspecified atom stereocenters. The number of ether oxygens (including phenoxy) is 1. The first-order valence-electron chi connectivity index (χ1n) is 7.50. The minimum absolute atomic E-state index is 0.00219. The van der Waals surface area contributed by atoms with Crippen molar-refractivity contribution in [2.24, 2.45) is 0 Å². The monoisotopic (exact) mass is 380 g/mol. The molecule has 1 aliphatic carbocycles. The number of sulfonamides is 1. The van der Waals surface area contributed by atoms with Crippen molar-refractivity contribution in [3.05, 3.63) is 46.2 Å². The molecule has 1 fully saturated rings. The van der Waals surface area contributed by atoms with Crippen LogP contribution >= 0.6 is 11.3 Å². The standard InChI is InChI=1S/C16H16N2O5S2/c1-23-16(20)14-13(7-8-24-14)25(21,22)18-12-4-2-3-10(9-12)15(19)17-11-5-6-11/h2-4,7-9,11,18H,5-6H2,1H3,(H,17,19). The Kier molecular flexibility index (Phi) is 4.78. The lowest BCUT2D eigenvalue weighted by atomic mass is 10.2. The second kappa shape index (κ2) is 6.85. The van der Waals surface area contributed by atoms with E-state index < -0.39 is 16.0 Å². The first-order valence-corrected chi connectivity index (χ1v) is 9.86. The van der Waals surface area contributed by atoms with Gasteiger partial charge in [-0.05, 0) is 42.5 Å². The van der Waals surface area contributed by atoms with E-state index in [0.717, 1.165) is 24.2 Å². The van der Waals surface area contributed by atoms with Gasteiger partial charge in [0, 0.05) is 17.3 Å². The molecule has 2 N–H and O–H groups in total. The number of carbonyl (C=O) groups is 2. The van der Waals surface area contributed by atoms with Crippen molar-refractivity contribution in [3.63, 3.8) is 0 Å². The minimum atomic E-state index is -3.98. The Bertz CT molecular complexity index is 916. The van der Waals surface area contributed by atoms with Gasteiger partial charge in [-0.2, -0.15) is 0 Å². The third-order valence-electron chi connectivity index (χ3n) is 3.58. The normalized spacial score (nSPS) is 14.0. The highest BCUT2D eigenvalue weighted by Crippen LogP contribution is 2.25. The molecular weight excluding hydrogens is 364 g/mol. The molecule has 132 valence electrons. The van der Waals surface area contributed by atoms with Crippen molar-refractivity contribution >= 4 is 38.9 Å². The molecule has 0 saturated heterocycles. The van der Waals surface area contributed by atoms with Crippen molar-refractivity contribution in [2.75, 3.05) is 11.8 Å². The second-order valence-corrected chi connectivity index (χ2v) is 8.11. The van der Waals surface area contributed by atoms with Crippen LogP contribution in [0.1, 0.15) is 32.9 Å². The minimum Gasteiger partial charge on any atom is -0.465 e. The van der Waals surface area contributed by atoms with E-state index in [0.29, 0.717) is 5.56 Å². The molecule has 1 aromatic carbocycles. The van der Waals surface area contributed by atoms with Crippen molar-refractivity contribution < 1.29 is 22.7 Å². The van der Waals surface area contributed by atoms with Gasteiger partial charge in [0.1, 0.15) is 9.77 Å². The Balaban J connectivity index is 1.82. The number of amides is 1. The maximum absolute atomic E-state index is 12.6. The average molecular weight is 380 g/mol. The van der Waals surface area contributed by atoms with E-state index in [1.807, 2.05) is 0 Å². The molecule has 1 amide bonds. The van der Waals surface area contributed by atoms with Gasteiger partial charge in [0.15, 0.2) is 0 Å². The van der Waals surface area contributed by atoms with Gasteiger partial charge in [-0.25, -0.2) is 13.2 Å². The number of methoxy groups -OCH3 is 1. The van der Waals surface area contributed by atoms with Crippen molar-refractivity contribution in [3.8, 4) is 0 Å². The van der Waals surface area contributed by atoms with Gasteiger partial charge >= 0.3 is 5.97 Å². The Morgan fingerprint density at radius 3 is 2.68 bits per heavy atom. The number of esters is 1. The van der Waals surface area contributed by atoms with E-state index in [1.54, 1.807) is 12.1 Å². The summed E-state index contributed by atoms with van der Waals surface area (Å²) < 4.78 is 32.1. The quantitative estimate of drug-likeness (QED) is 0.749. The summed E-state index contributed by atoms with van der Waals surface area (Å²) in [5, 5.41) is 4.34. The van der Waals surface area contributed by atoms with Gasteiger partial charge in [-0.3, -0.25) is 9.52 Å². The summed E-state index contributed by atoms with van der Waals surface area (Å²) in [6.07, 6.45) is 1.93. The van der Waals surface area contributed by atoms with Gasteiger partial charge in [0.2, 0.25) is 0 Å². The van der Waals surface area contributed by atoms with Crippen LogP contribution < -0.4 is 10.0 Å². The van der Waals surface area contributed by atoms with Crippen LogP contribution in [0.25, 0.3) is 0 Å². The summed E-state index contributed by atoms with van der Waals surface area (Å²) in [6, 6.07) is 7.74. The van der Waals surface area contributed by atoms with E-state index in [-0.39, 0.29) is 27.4 Å². The summed E-state index contributed by atoms with van der Waals surface area (Å²) in [5.74, 6) is -0.956. The van der Waals surface area contributed by atoms with Gasteiger partial charge in [-0.15, -0.1) is 11.3 Å². The van der Waals surface area contributed by atoms with E-state index in [9.17, 15) is 18.0 Å². The number of carbonyl (C=O) groups excluding carboxylic acids is 2. The molecule has 0 radical (unpaired) electrons. The number of thiophene rings is 1. The van der Waals surface area contributed by atoms with Crippen LogP contribution in [-0.4, -0.2) is 33.4 Å². The molecule has 1 saturated carbocycles. The van der Waals surface area contributed by atoms with Crippen LogP contribution in [0.5, 0.6) is 0 Å². The maximum atomic E-state index is 12.6. The number of hydrogen-bond donors (Lipinski definition) is 2. The van der Waals surface area contributed by atoms with Gasteiger partial charge in [0.25, 0.3) is 15.9 Å². The van der Waals surface area contributed by atoms with E-state index in [2.05, 4.69) is 14.8 Å². The first kappa shape index (κ1) is 17.4. The number of rotatable bonds is 6. The zero-order valence-corrected chi connectivity index (χ0v) is 14.9. The molecule has 7 nitrogen and oxygen atoms in total. The molecule has 0 atom stereocenters. The average Bonchev–Trinajstić information content (AvgIpc) is 3.24. The lowest BCUT2D eigenvalue weighted by Crippen LogP contribution is -2.25. The molecular formula is C16H16N2O5S2. The molecule has 1 heterocycles. The Morgan fingerprint density at radius 1 is 1.24 bits per heavy atom. The first-order chi connectivity index (χ1) is 11.9. The second-order valence-electron chi connectivity index (χ2n) is 5.54. The van der Waals surface area contributed by atoms with E-state index >= 15 is 0 Å². The number of nitrogens with one attached hydrogen (secondary N) is 2. The molecule has 0 bridgehead atoms. The zero-order valence-electron chi connectivity index (χ0n) is 13.3. The largest absolute Gasteiger partial charge is 0.465 e. The molecule has 2 aromatic rings. The predicted molar refractivity (Wildman–Crippen MR) is 93.4 cm³/mol. The van der Waals surface area contributed by atoms with Crippen LogP contribution in [0.2, 0.25) is 0 Å². The third kappa shape index (κ3) is 3.99. The molecule has 3 rings (SSSR count). The number of benzene rings is 1. The summed E-state index contributed by atoms with van der Waals surface area (Å²) in [4.78, 5) is 23.6. The molecule has 1 aromatic heterocycles. The lowest BCUT2D eigenvalue weighted by Gasteiger charge is -2.10. The maximum Gasteiger partial charge on any atom is 0.349 e. The summed E-state index contributed by atoms with van der Waals surface area (Å²) in [6.45, 7) is 0. The van der Waals surface area contributed by atoms with Crippen molar-refractivity contribution in [1.82, 2.24) is 5.32 Å². The molecule has 0 aliphatic heterocycles. The lowest BCUT2D eigenvalue weighted by molar-refractivity contribution is 0.0602. The Labute approximate surface area is 149 Å². The van der Waals surface area contributed by atoms with E-state index in [4.69, 9.17) is 0 Å². The molecule has 25 heavy (non-hydrogen) atoms. The summed E-state index contributed by atoms with van der Waals surface area (Å²) in [5.41, 5.74) is 0.607. The van der Waals surface area contributed by atoms with Crippen LogP contribution in [0.15, 0.2) is 40.6 Å². The van der Waals surface area contributed by atoms with Gasteiger partial charge in [0.05, 0.1) is 7.11 Å². The van der Waals surface area contributed by atoms with Gasteiger partial charge < -0.3 is 10.1 Å². The highest BCUT2D eigenvalue weighted by molar-refractivity contribution is 7.93. The van der Waals surface area contributed by atoms with Crippen LogP contribution in [0.3, 0.4) is 0 Å². The highest BCUT2D eigenvalue weighted by Gasteiger charge is 2.26. The fourth-order valence-electron chi connectivity index (χ4n) is 2.18. The molecule has 0 spiro atoms. The van der Waals surface area contributed by atoms with E-state index in [1.165, 1.54) is 30.7 Å². The predicted octanol–water partition coefficient (Wildman–Crippen LogP) is 2.23. The van der Waals surface area contributed by atoms with Gasteiger partial charge in [-0.1, -0.05) is 6.07 Å². The SMILES string of the molecule is COC(=O)c1sccc1S(=O)(=O)Nc1cccc(C(=O)NC2CC2)c1. The number of anilines is 1. The third-order valence-corrected chi connectivity index (χ3v) is 6.03. The van der Waals surface area contributed by atoms with Crippen molar-refractivity contribution in [1.29, 1.82) is 0 Å². The topological polar surface area (TPSA) is 102 Å². The Hall–Kier alpha value is -2.39. The molecule has 9 heteroatoms.